The largest absolute Gasteiger partial charge is 0.472 e. The number of carbonyl (C=O) groups is 3. The predicted molar refractivity (Wildman–Crippen MR) is 334 cm³/mol. The summed E-state index contributed by atoms with van der Waals surface area (Å²) in [6.45, 7) is 4.33. The van der Waals surface area contributed by atoms with E-state index in [0.717, 1.165) is 135 Å². The van der Waals surface area contributed by atoms with Gasteiger partial charge in [0.05, 0.1) is 19.8 Å². The van der Waals surface area contributed by atoms with Gasteiger partial charge >= 0.3 is 25.7 Å². The minimum absolute atomic E-state index is 0.136. The summed E-state index contributed by atoms with van der Waals surface area (Å²) in [6.07, 6.45) is 75.8. The number of allylic oxidation sites excluding steroid dienone is 20. The van der Waals surface area contributed by atoms with E-state index < -0.39 is 57.8 Å². The lowest BCUT2D eigenvalue weighted by molar-refractivity contribution is -0.161. The summed E-state index contributed by atoms with van der Waals surface area (Å²) in [7, 11) is -4.78. The first kappa shape index (κ1) is 75.9. The molecule has 11 nitrogen and oxygen atoms in total. The molecular weight excluding hydrogens is 1020 g/mol. The first-order valence-electron chi connectivity index (χ1n) is 31.4. The maximum absolute atomic E-state index is 13.0. The average molecular weight is 1140 g/mol. The van der Waals surface area contributed by atoms with Crippen LogP contribution in [0.15, 0.2) is 122 Å². The summed E-state index contributed by atoms with van der Waals surface area (Å²) in [5.74, 6) is -1.54. The molecule has 0 radical (unpaired) electrons. The molecule has 0 aromatic heterocycles. The fourth-order valence-electron chi connectivity index (χ4n) is 8.13. The third-order valence-corrected chi connectivity index (χ3v) is 13.8. The van der Waals surface area contributed by atoms with Crippen molar-refractivity contribution in [2.45, 2.75) is 264 Å². The highest BCUT2D eigenvalue weighted by molar-refractivity contribution is 7.47. The number of phosphoric acid groups is 1. The van der Waals surface area contributed by atoms with Gasteiger partial charge in [-0.15, -0.1) is 0 Å². The van der Waals surface area contributed by atoms with E-state index in [-0.39, 0.29) is 25.9 Å². The van der Waals surface area contributed by atoms with Crippen LogP contribution in [0.2, 0.25) is 0 Å². The van der Waals surface area contributed by atoms with Gasteiger partial charge in [-0.05, 0) is 128 Å². The number of carbonyl (C=O) groups excluding carboxylic acids is 3. The van der Waals surface area contributed by atoms with Crippen LogP contribution in [0.3, 0.4) is 0 Å². The van der Waals surface area contributed by atoms with E-state index in [9.17, 15) is 28.9 Å². The molecule has 0 saturated carbocycles. The quantitative estimate of drug-likeness (QED) is 0.0197. The number of hydrogen-bond donors (Lipinski definition) is 2. The topological polar surface area (TPSA) is 155 Å². The van der Waals surface area contributed by atoms with E-state index in [1.54, 1.807) is 0 Å². The van der Waals surface area contributed by atoms with E-state index >= 15 is 0 Å². The van der Waals surface area contributed by atoms with Gasteiger partial charge in [-0.3, -0.25) is 23.4 Å². The smallest absolute Gasteiger partial charge is 0.462 e. The van der Waals surface area contributed by atoms with Gasteiger partial charge in [0.15, 0.2) is 6.10 Å². The summed E-state index contributed by atoms with van der Waals surface area (Å²) in [6, 6.07) is 0. The van der Waals surface area contributed by atoms with Gasteiger partial charge in [-0.1, -0.05) is 226 Å². The van der Waals surface area contributed by atoms with Crippen molar-refractivity contribution in [1.82, 2.24) is 0 Å². The molecule has 0 amide bonds. The third-order valence-electron chi connectivity index (χ3n) is 12.8. The van der Waals surface area contributed by atoms with E-state index in [1.807, 2.05) is 0 Å². The molecule has 0 rings (SSSR count). The molecular formula is C68H113O11P. The number of aliphatic hydroxyl groups is 1. The van der Waals surface area contributed by atoms with Crippen molar-refractivity contribution in [3.8, 4) is 0 Å². The van der Waals surface area contributed by atoms with Crippen LogP contribution in [0.4, 0.5) is 0 Å². The number of rotatable bonds is 57. The summed E-state index contributed by atoms with van der Waals surface area (Å²) < 4.78 is 39.6. The Morgan fingerprint density at radius 3 is 1.02 bits per heavy atom. The van der Waals surface area contributed by atoms with Crippen molar-refractivity contribution in [3.05, 3.63) is 122 Å². The van der Waals surface area contributed by atoms with Gasteiger partial charge < -0.3 is 24.2 Å². The average Bonchev–Trinajstić information content (AvgIpc) is 3.45. The van der Waals surface area contributed by atoms with Crippen molar-refractivity contribution in [1.29, 1.82) is 0 Å². The van der Waals surface area contributed by atoms with Crippen molar-refractivity contribution in [2.24, 2.45) is 0 Å². The maximum atomic E-state index is 13.0. The van der Waals surface area contributed by atoms with Crippen molar-refractivity contribution < 1.29 is 52.2 Å². The zero-order chi connectivity index (χ0) is 58.3. The molecule has 3 unspecified atom stereocenters. The number of aliphatic hydroxyl groups excluding tert-OH is 1. The van der Waals surface area contributed by atoms with Crippen LogP contribution >= 0.6 is 7.82 Å². The number of ether oxygens (including phenoxy) is 3. The van der Waals surface area contributed by atoms with Crippen molar-refractivity contribution >= 4 is 25.7 Å². The lowest BCUT2D eigenvalue weighted by Crippen LogP contribution is -2.30. The molecule has 0 saturated heterocycles. The summed E-state index contributed by atoms with van der Waals surface area (Å²) >= 11 is 0. The molecule has 0 aliphatic heterocycles. The minimum Gasteiger partial charge on any atom is -0.462 e. The van der Waals surface area contributed by atoms with Crippen molar-refractivity contribution in [3.63, 3.8) is 0 Å². The normalized spacial score (nSPS) is 14.1. The Kier molecular flexibility index (Phi) is 57.8. The fraction of sp³-hybridized carbons (Fsp3) is 0.662. The molecule has 0 aromatic carbocycles. The van der Waals surface area contributed by atoms with E-state index in [1.165, 1.54) is 57.8 Å². The predicted octanol–water partition coefficient (Wildman–Crippen LogP) is 19.1. The Labute approximate surface area is 487 Å². The molecule has 3 atom stereocenters. The monoisotopic (exact) mass is 1140 g/mol. The number of phosphoric ester groups is 1. The standard InChI is InChI=1S/C68H113O11P/c1-4-7-10-13-16-19-22-25-28-30-32-34-37-40-43-46-49-52-55-58-67(71)78-64(60-69)62-76-80(73,74)77-63-65(61-75-66(70)57-54-51-48-45-42-39-36-27-24-21-18-15-12-9-6-3)79-68(72)59-56-53-50-47-44-41-38-35-33-31-29-26-23-20-17-14-11-8-5-2/h8-9,11-12,16-21,25-29,33,35-36,42,45,64-65,69H,4-7,10,13-15,22-24,30-32,34,37-41,43-44,46-63H2,1-3H3,(H,73,74)/b11-8-,12-9-,19-16-,20-17-,21-18-,28-25-,29-26-,35-33-,36-27-,45-42-. The molecule has 80 heavy (non-hydrogen) atoms. The molecule has 2 N–H and O–H groups in total. The third kappa shape index (κ3) is 58.5. The molecule has 0 aromatic rings. The van der Waals surface area contributed by atoms with Crippen LogP contribution in [0, 0.1) is 0 Å². The van der Waals surface area contributed by atoms with Gasteiger partial charge in [0.25, 0.3) is 0 Å². The minimum atomic E-state index is -4.78. The second-order valence-electron chi connectivity index (χ2n) is 20.5. The highest BCUT2D eigenvalue weighted by Crippen LogP contribution is 2.43. The van der Waals surface area contributed by atoms with Crippen LogP contribution in [0.25, 0.3) is 0 Å². The number of unbranched alkanes of at least 4 members (excludes halogenated alkanes) is 20. The molecule has 0 heterocycles. The van der Waals surface area contributed by atoms with Gasteiger partial charge in [0.1, 0.15) is 12.7 Å². The van der Waals surface area contributed by atoms with Gasteiger partial charge in [-0.25, -0.2) is 4.57 Å². The Morgan fingerprint density at radius 2 is 0.650 bits per heavy atom. The van der Waals surface area contributed by atoms with Gasteiger partial charge in [0, 0.05) is 19.3 Å². The lowest BCUT2D eigenvalue weighted by Gasteiger charge is -2.21. The van der Waals surface area contributed by atoms with Crippen LogP contribution in [0.1, 0.15) is 252 Å². The first-order chi connectivity index (χ1) is 39.2. The first-order valence-corrected chi connectivity index (χ1v) is 32.9. The van der Waals surface area contributed by atoms with Crippen LogP contribution < -0.4 is 0 Å². The lowest BCUT2D eigenvalue weighted by atomic mass is 10.1. The van der Waals surface area contributed by atoms with Gasteiger partial charge in [-0.2, -0.15) is 0 Å². The van der Waals surface area contributed by atoms with E-state index in [2.05, 4.69) is 142 Å². The highest BCUT2D eigenvalue weighted by Gasteiger charge is 2.28. The Balaban J connectivity index is 4.76. The summed E-state index contributed by atoms with van der Waals surface area (Å²) in [5, 5.41) is 9.86. The Morgan fingerprint density at radius 1 is 0.362 bits per heavy atom. The van der Waals surface area contributed by atoms with E-state index in [0.29, 0.717) is 19.3 Å². The fourth-order valence-corrected chi connectivity index (χ4v) is 8.92. The van der Waals surface area contributed by atoms with Crippen LogP contribution in [0.5, 0.6) is 0 Å². The number of hydrogen-bond acceptors (Lipinski definition) is 10. The summed E-state index contributed by atoms with van der Waals surface area (Å²) in [5.41, 5.74) is 0. The molecule has 0 bridgehead atoms. The van der Waals surface area contributed by atoms with Crippen LogP contribution in [-0.2, 0) is 42.2 Å². The molecule has 12 heteroatoms. The summed E-state index contributed by atoms with van der Waals surface area (Å²) in [4.78, 5) is 48.7. The molecule has 0 aliphatic rings. The van der Waals surface area contributed by atoms with Gasteiger partial charge in [0.2, 0.25) is 0 Å². The maximum Gasteiger partial charge on any atom is 0.472 e. The van der Waals surface area contributed by atoms with Crippen molar-refractivity contribution in [2.75, 3.05) is 26.4 Å². The second-order valence-corrected chi connectivity index (χ2v) is 21.9. The second kappa shape index (κ2) is 61.0. The number of esters is 3. The molecule has 0 aliphatic carbocycles. The highest BCUT2D eigenvalue weighted by atomic mass is 31.2. The zero-order valence-electron chi connectivity index (χ0n) is 50.5. The Bertz CT molecular complexity index is 1800. The zero-order valence-corrected chi connectivity index (χ0v) is 51.4. The van der Waals surface area contributed by atoms with Crippen LogP contribution in [-0.4, -0.2) is 66.5 Å². The molecule has 456 valence electrons. The van der Waals surface area contributed by atoms with E-state index in [4.69, 9.17) is 23.3 Å². The molecule has 0 fully saturated rings. The SMILES string of the molecule is CC/C=C\C/C=C\C/C=C\C/C=C\CCCCCCCCC(=O)OC(COC(=O)CCCC/C=C\C/C=C\C/C=C\C/C=C\CC)COP(=O)(O)OCC(CO)OC(=O)CCCCCCCCCCC/C=C\C/C=C\CCCCC. The molecule has 0 spiro atoms. The Hall–Kier alpha value is -4.12.